The molecule has 3 rings (SSSR count). The molecule has 2 heterocycles. The number of nitrogens with one attached hydrogen (secondary N) is 2. The molecule has 0 aliphatic carbocycles. The first-order valence-corrected chi connectivity index (χ1v) is 8.67. The first-order chi connectivity index (χ1) is 12.2. The van der Waals surface area contributed by atoms with Crippen LogP contribution in [0.5, 0.6) is 5.75 Å². The second-order valence-corrected chi connectivity index (χ2v) is 6.38. The van der Waals surface area contributed by atoms with E-state index in [4.69, 9.17) is 9.26 Å². The van der Waals surface area contributed by atoms with E-state index in [2.05, 4.69) is 31.8 Å². The predicted octanol–water partition coefficient (Wildman–Crippen LogP) is 1.90. The van der Waals surface area contributed by atoms with Crippen LogP contribution in [0.2, 0.25) is 0 Å². The summed E-state index contributed by atoms with van der Waals surface area (Å²) in [5, 5.41) is 10.5. The fraction of sp³-hybridized carbons (Fsp3) is 0.500. The maximum Gasteiger partial charge on any atom is 0.228 e. The van der Waals surface area contributed by atoms with E-state index in [1.807, 2.05) is 32.0 Å². The van der Waals surface area contributed by atoms with Gasteiger partial charge in [-0.2, -0.15) is 4.98 Å². The first kappa shape index (κ1) is 17.3. The van der Waals surface area contributed by atoms with Gasteiger partial charge in [-0.25, -0.2) is 0 Å². The Morgan fingerprint density at radius 2 is 2.16 bits per heavy atom. The molecule has 0 radical (unpaired) electrons. The molecule has 134 valence electrons. The number of fused-ring (bicyclic) bond motifs is 1. The molecule has 2 N–H and O–H groups in total. The third-order valence-corrected chi connectivity index (χ3v) is 4.07. The minimum atomic E-state index is 0.125. The highest BCUT2D eigenvalue weighted by atomic mass is 16.5. The summed E-state index contributed by atoms with van der Waals surface area (Å²) in [6, 6.07) is 8.16. The summed E-state index contributed by atoms with van der Waals surface area (Å²) in [5.41, 5.74) is 1.26. The van der Waals surface area contributed by atoms with Crippen molar-refractivity contribution in [1.29, 1.82) is 0 Å². The Labute approximate surface area is 147 Å². The van der Waals surface area contributed by atoms with Crippen molar-refractivity contribution in [2.45, 2.75) is 38.7 Å². The fourth-order valence-electron chi connectivity index (χ4n) is 2.69. The quantitative estimate of drug-likeness (QED) is 0.616. The van der Waals surface area contributed by atoms with Crippen LogP contribution in [-0.4, -0.2) is 42.3 Å². The third-order valence-electron chi connectivity index (χ3n) is 4.07. The summed E-state index contributed by atoms with van der Waals surface area (Å²) in [7, 11) is 1.75. The Balaban J connectivity index is 1.40. The molecule has 1 aliphatic heterocycles. The van der Waals surface area contributed by atoms with E-state index in [-0.39, 0.29) is 12.0 Å². The van der Waals surface area contributed by atoms with Crippen LogP contribution in [-0.2, 0) is 12.8 Å². The molecular weight excluding hydrogens is 318 g/mol. The van der Waals surface area contributed by atoms with Gasteiger partial charge in [-0.1, -0.05) is 37.2 Å². The molecule has 0 fully saturated rings. The number of benzene rings is 1. The Hall–Kier alpha value is -2.57. The smallest absolute Gasteiger partial charge is 0.228 e. The minimum absolute atomic E-state index is 0.125. The normalized spacial score (nSPS) is 16.6. The minimum Gasteiger partial charge on any atom is -0.488 e. The standard InChI is InChI=1S/C18H25N5O2/c1-12(2)17-22-16(25-23-17)8-9-20-18(19-3)21-11-14-10-13-6-4-5-7-15(13)24-14/h4-7,12,14H,8-11H2,1-3H3,(H2,19,20,21). The van der Waals surface area contributed by atoms with Crippen molar-refractivity contribution in [3.8, 4) is 5.75 Å². The molecule has 1 aromatic heterocycles. The van der Waals surface area contributed by atoms with Crippen LogP contribution >= 0.6 is 0 Å². The maximum absolute atomic E-state index is 5.92. The number of hydrogen-bond donors (Lipinski definition) is 2. The average Bonchev–Trinajstić information content (AvgIpc) is 3.24. The molecule has 0 amide bonds. The molecule has 2 aromatic rings. The van der Waals surface area contributed by atoms with E-state index in [1.54, 1.807) is 7.05 Å². The van der Waals surface area contributed by atoms with Gasteiger partial charge < -0.3 is 19.9 Å². The molecule has 1 aliphatic rings. The van der Waals surface area contributed by atoms with Gasteiger partial charge in [0.1, 0.15) is 11.9 Å². The Kier molecular flexibility index (Phi) is 5.53. The van der Waals surface area contributed by atoms with Crippen LogP contribution in [0.4, 0.5) is 0 Å². The lowest BCUT2D eigenvalue weighted by Gasteiger charge is -2.15. The summed E-state index contributed by atoms with van der Waals surface area (Å²) in [6.07, 6.45) is 1.70. The van der Waals surface area contributed by atoms with Gasteiger partial charge in [0, 0.05) is 32.4 Å². The number of ether oxygens (including phenoxy) is 1. The highest BCUT2D eigenvalue weighted by Gasteiger charge is 2.22. The zero-order valence-electron chi connectivity index (χ0n) is 15.0. The number of hydrogen-bond acceptors (Lipinski definition) is 5. The van der Waals surface area contributed by atoms with Gasteiger partial charge in [0.2, 0.25) is 5.89 Å². The molecule has 7 nitrogen and oxygen atoms in total. The van der Waals surface area contributed by atoms with Crippen molar-refractivity contribution >= 4 is 5.96 Å². The predicted molar refractivity (Wildman–Crippen MR) is 96.0 cm³/mol. The number of para-hydroxylation sites is 1. The van der Waals surface area contributed by atoms with Crippen LogP contribution in [0.3, 0.4) is 0 Å². The molecule has 0 saturated heterocycles. The fourth-order valence-corrected chi connectivity index (χ4v) is 2.69. The van der Waals surface area contributed by atoms with Gasteiger partial charge in [-0.3, -0.25) is 4.99 Å². The average molecular weight is 343 g/mol. The summed E-state index contributed by atoms with van der Waals surface area (Å²) in [5.74, 6) is 3.38. The summed E-state index contributed by atoms with van der Waals surface area (Å²) in [6.45, 7) is 5.46. The lowest BCUT2D eigenvalue weighted by Crippen LogP contribution is -2.42. The Morgan fingerprint density at radius 1 is 1.32 bits per heavy atom. The maximum atomic E-state index is 5.92. The largest absolute Gasteiger partial charge is 0.488 e. The van der Waals surface area contributed by atoms with E-state index >= 15 is 0 Å². The van der Waals surface area contributed by atoms with Gasteiger partial charge in [0.25, 0.3) is 0 Å². The van der Waals surface area contributed by atoms with Crippen LogP contribution in [0.1, 0.15) is 37.0 Å². The topological polar surface area (TPSA) is 84.6 Å². The van der Waals surface area contributed by atoms with E-state index in [0.717, 1.165) is 24.0 Å². The number of aliphatic imine (C=N–C) groups is 1. The highest BCUT2D eigenvalue weighted by molar-refractivity contribution is 5.79. The van der Waals surface area contributed by atoms with Crippen LogP contribution in [0.15, 0.2) is 33.8 Å². The van der Waals surface area contributed by atoms with E-state index < -0.39 is 0 Å². The number of rotatable bonds is 6. The SMILES string of the molecule is CN=C(NCCc1nc(C(C)C)no1)NCC1Cc2ccccc2O1. The third kappa shape index (κ3) is 4.49. The van der Waals surface area contributed by atoms with Crippen LogP contribution in [0.25, 0.3) is 0 Å². The van der Waals surface area contributed by atoms with Crippen molar-refractivity contribution in [3.63, 3.8) is 0 Å². The monoisotopic (exact) mass is 343 g/mol. The van der Waals surface area contributed by atoms with Gasteiger partial charge in [0.15, 0.2) is 11.8 Å². The van der Waals surface area contributed by atoms with Crippen LogP contribution < -0.4 is 15.4 Å². The molecule has 1 unspecified atom stereocenters. The van der Waals surface area contributed by atoms with Crippen molar-refractivity contribution in [1.82, 2.24) is 20.8 Å². The van der Waals surface area contributed by atoms with Gasteiger partial charge in [-0.05, 0) is 11.6 Å². The lowest BCUT2D eigenvalue weighted by atomic mass is 10.1. The summed E-state index contributed by atoms with van der Waals surface area (Å²) >= 11 is 0. The highest BCUT2D eigenvalue weighted by Crippen LogP contribution is 2.27. The van der Waals surface area contributed by atoms with Crippen molar-refractivity contribution in [3.05, 3.63) is 41.5 Å². The molecular formula is C18H25N5O2. The molecule has 1 atom stereocenters. The Bertz CT molecular complexity index is 701. The number of nitrogens with zero attached hydrogens (tertiary/aromatic N) is 3. The number of guanidine groups is 1. The molecule has 7 heteroatoms. The molecule has 25 heavy (non-hydrogen) atoms. The van der Waals surface area contributed by atoms with Crippen molar-refractivity contribution in [2.75, 3.05) is 20.1 Å². The second kappa shape index (κ2) is 8.00. The van der Waals surface area contributed by atoms with Gasteiger partial charge >= 0.3 is 0 Å². The lowest BCUT2D eigenvalue weighted by molar-refractivity contribution is 0.235. The summed E-state index contributed by atoms with van der Waals surface area (Å²) in [4.78, 5) is 8.60. The van der Waals surface area contributed by atoms with E-state index in [9.17, 15) is 0 Å². The van der Waals surface area contributed by atoms with Crippen molar-refractivity contribution < 1.29 is 9.26 Å². The molecule has 0 bridgehead atoms. The molecule has 0 saturated carbocycles. The summed E-state index contributed by atoms with van der Waals surface area (Å²) < 4.78 is 11.2. The zero-order chi connectivity index (χ0) is 17.6. The number of aromatic nitrogens is 2. The molecule has 1 aromatic carbocycles. The van der Waals surface area contributed by atoms with Crippen molar-refractivity contribution in [2.24, 2.45) is 4.99 Å². The Morgan fingerprint density at radius 3 is 2.88 bits per heavy atom. The van der Waals surface area contributed by atoms with E-state index in [1.165, 1.54) is 5.56 Å². The molecule has 0 spiro atoms. The zero-order valence-corrected chi connectivity index (χ0v) is 15.0. The second-order valence-electron chi connectivity index (χ2n) is 6.38. The first-order valence-electron chi connectivity index (χ1n) is 8.67. The van der Waals surface area contributed by atoms with Gasteiger partial charge in [-0.15, -0.1) is 0 Å². The van der Waals surface area contributed by atoms with Gasteiger partial charge in [0.05, 0.1) is 6.54 Å². The van der Waals surface area contributed by atoms with Crippen LogP contribution in [0, 0.1) is 0 Å². The van der Waals surface area contributed by atoms with E-state index in [0.29, 0.717) is 25.4 Å².